The van der Waals surface area contributed by atoms with Crippen LogP contribution in [0.4, 0.5) is 0 Å². The molecule has 0 unspecified atom stereocenters. The molecule has 0 N–H and O–H groups in total. The molecule has 0 aliphatic heterocycles. The van der Waals surface area contributed by atoms with E-state index in [0.29, 0.717) is 12.2 Å². The van der Waals surface area contributed by atoms with Gasteiger partial charge >= 0.3 is 0 Å². The molecule has 2 heteroatoms. The third kappa shape index (κ3) is 4.86. The average Bonchev–Trinajstić information content (AvgIpc) is 1.85. The van der Waals surface area contributed by atoms with Crippen molar-refractivity contribution in [1.29, 1.82) is 0 Å². The fourth-order valence-corrected chi connectivity index (χ4v) is 0.885. The first kappa shape index (κ1) is 10.0. The summed E-state index contributed by atoms with van der Waals surface area (Å²) < 4.78 is 0.270. The molecule has 0 bridgehead atoms. The molecule has 0 heterocycles. The third-order valence-electron chi connectivity index (χ3n) is 1.63. The van der Waals surface area contributed by atoms with Gasteiger partial charge in [0.05, 0.1) is 0 Å². The summed E-state index contributed by atoms with van der Waals surface area (Å²) >= 11 is 1.82. The molecule has 0 saturated carbocycles. The molecule has 0 amide bonds. The fraction of sp³-hybridized carbons (Fsp3) is 0.875. The minimum absolute atomic E-state index is 0.270. The molecular weight excluding hydrogens is 144 g/mol. The van der Waals surface area contributed by atoms with Crippen molar-refractivity contribution in [2.45, 2.75) is 38.4 Å². The standard InChI is InChI=1S/C8H16OS/c1-7(9)5-6-8(2,3)10-4/h5-6H2,1-4H3. The highest BCUT2D eigenvalue weighted by Gasteiger charge is 2.15. The van der Waals surface area contributed by atoms with Gasteiger partial charge in [0.1, 0.15) is 5.78 Å². The highest BCUT2D eigenvalue weighted by molar-refractivity contribution is 7.99. The zero-order chi connectivity index (χ0) is 8.20. The van der Waals surface area contributed by atoms with E-state index in [1.54, 1.807) is 6.92 Å². The van der Waals surface area contributed by atoms with E-state index in [0.717, 1.165) is 6.42 Å². The number of thioether (sulfide) groups is 1. The lowest BCUT2D eigenvalue weighted by atomic mass is 10.1. The molecule has 0 atom stereocenters. The lowest BCUT2D eigenvalue weighted by Crippen LogP contribution is -2.14. The Hall–Kier alpha value is 0.0200. The quantitative estimate of drug-likeness (QED) is 0.628. The second-order valence-corrected chi connectivity index (χ2v) is 4.68. The molecule has 0 rings (SSSR count). The van der Waals surface area contributed by atoms with E-state index in [1.165, 1.54) is 0 Å². The Bertz CT molecular complexity index is 118. The summed E-state index contributed by atoms with van der Waals surface area (Å²) in [5, 5.41) is 0. The molecule has 0 aromatic carbocycles. The van der Waals surface area contributed by atoms with E-state index in [-0.39, 0.29) is 4.75 Å². The van der Waals surface area contributed by atoms with Crippen molar-refractivity contribution in [3.63, 3.8) is 0 Å². The Morgan fingerprint density at radius 2 is 2.00 bits per heavy atom. The van der Waals surface area contributed by atoms with Gasteiger partial charge in [0.25, 0.3) is 0 Å². The summed E-state index contributed by atoms with van der Waals surface area (Å²) in [7, 11) is 0. The van der Waals surface area contributed by atoms with E-state index >= 15 is 0 Å². The van der Waals surface area contributed by atoms with Crippen LogP contribution >= 0.6 is 11.8 Å². The van der Waals surface area contributed by atoms with E-state index in [2.05, 4.69) is 20.1 Å². The maximum atomic E-state index is 10.6. The predicted molar refractivity (Wildman–Crippen MR) is 47.5 cm³/mol. The van der Waals surface area contributed by atoms with Crippen molar-refractivity contribution < 1.29 is 4.79 Å². The number of hydrogen-bond acceptors (Lipinski definition) is 2. The maximum Gasteiger partial charge on any atom is 0.129 e. The van der Waals surface area contributed by atoms with Crippen LogP contribution in [0.15, 0.2) is 0 Å². The molecule has 0 aromatic heterocycles. The number of carbonyl (C=O) groups excluding carboxylic acids is 1. The average molecular weight is 160 g/mol. The molecule has 60 valence electrons. The minimum atomic E-state index is 0.270. The lowest BCUT2D eigenvalue weighted by Gasteiger charge is -2.20. The largest absolute Gasteiger partial charge is 0.300 e. The zero-order valence-electron chi connectivity index (χ0n) is 7.23. The van der Waals surface area contributed by atoms with Gasteiger partial charge in [-0.1, -0.05) is 13.8 Å². The van der Waals surface area contributed by atoms with E-state index < -0.39 is 0 Å². The second-order valence-electron chi connectivity index (χ2n) is 3.17. The zero-order valence-corrected chi connectivity index (χ0v) is 8.05. The normalized spacial score (nSPS) is 11.6. The van der Waals surface area contributed by atoms with E-state index in [9.17, 15) is 4.79 Å². The SMILES string of the molecule is CSC(C)(C)CCC(C)=O. The number of carbonyl (C=O) groups is 1. The fourth-order valence-electron chi connectivity index (χ4n) is 0.579. The van der Waals surface area contributed by atoms with Crippen molar-refractivity contribution in [2.24, 2.45) is 0 Å². The molecule has 0 saturated heterocycles. The highest BCUT2D eigenvalue weighted by Crippen LogP contribution is 2.26. The van der Waals surface area contributed by atoms with Crippen LogP contribution in [0.25, 0.3) is 0 Å². The first-order valence-corrected chi connectivity index (χ1v) is 4.75. The van der Waals surface area contributed by atoms with Gasteiger partial charge in [0, 0.05) is 11.2 Å². The van der Waals surface area contributed by atoms with Crippen LogP contribution in [0.2, 0.25) is 0 Å². The molecule has 0 aliphatic rings. The number of ketones is 1. The molecule has 0 aromatic rings. The monoisotopic (exact) mass is 160 g/mol. The molecule has 0 spiro atoms. The summed E-state index contributed by atoms with van der Waals surface area (Å²) in [6, 6.07) is 0. The molecule has 10 heavy (non-hydrogen) atoms. The topological polar surface area (TPSA) is 17.1 Å². The van der Waals surface area contributed by atoms with Crippen molar-refractivity contribution >= 4 is 17.5 Å². The van der Waals surface area contributed by atoms with Crippen molar-refractivity contribution in [2.75, 3.05) is 6.26 Å². The van der Waals surface area contributed by atoms with E-state index in [4.69, 9.17) is 0 Å². The third-order valence-corrected chi connectivity index (χ3v) is 2.94. The van der Waals surface area contributed by atoms with Gasteiger partial charge in [-0.25, -0.2) is 0 Å². The van der Waals surface area contributed by atoms with Crippen LogP contribution in [0.3, 0.4) is 0 Å². The minimum Gasteiger partial charge on any atom is -0.300 e. The second kappa shape index (κ2) is 4.02. The van der Waals surface area contributed by atoms with E-state index in [1.807, 2.05) is 11.8 Å². The lowest BCUT2D eigenvalue weighted by molar-refractivity contribution is -0.117. The van der Waals surface area contributed by atoms with Gasteiger partial charge in [0.15, 0.2) is 0 Å². The van der Waals surface area contributed by atoms with Crippen LogP contribution < -0.4 is 0 Å². The van der Waals surface area contributed by atoms with Crippen LogP contribution in [-0.4, -0.2) is 16.8 Å². The van der Waals surface area contributed by atoms with Crippen LogP contribution in [0.1, 0.15) is 33.6 Å². The van der Waals surface area contributed by atoms with Gasteiger partial charge < -0.3 is 4.79 Å². The summed E-state index contributed by atoms with van der Waals surface area (Å²) in [6.45, 7) is 5.98. The van der Waals surface area contributed by atoms with Crippen molar-refractivity contribution in [3.8, 4) is 0 Å². The molecule has 1 nitrogen and oxygen atoms in total. The summed E-state index contributed by atoms with van der Waals surface area (Å²) in [5.41, 5.74) is 0. The summed E-state index contributed by atoms with van der Waals surface area (Å²) in [5.74, 6) is 0.294. The van der Waals surface area contributed by atoms with Crippen LogP contribution in [0, 0.1) is 0 Å². The molecule has 0 fully saturated rings. The Morgan fingerprint density at radius 1 is 1.50 bits per heavy atom. The Morgan fingerprint density at radius 3 is 2.30 bits per heavy atom. The Balaban J connectivity index is 3.56. The van der Waals surface area contributed by atoms with Gasteiger partial charge in [-0.15, -0.1) is 0 Å². The predicted octanol–water partition coefficient (Wildman–Crippen LogP) is 2.50. The highest BCUT2D eigenvalue weighted by atomic mass is 32.2. The molecule has 0 aliphatic carbocycles. The van der Waals surface area contributed by atoms with Crippen molar-refractivity contribution in [1.82, 2.24) is 0 Å². The Kier molecular flexibility index (Phi) is 4.02. The first-order chi connectivity index (χ1) is 4.48. The summed E-state index contributed by atoms with van der Waals surface area (Å²) in [4.78, 5) is 10.6. The Labute approximate surface area is 67.6 Å². The number of hydrogen-bond donors (Lipinski definition) is 0. The summed E-state index contributed by atoms with van der Waals surface area (Å²) in [6.07, 6.45) is 3.79. The molecule has 0 radical (unpaired) electrons. The smallest absolute Gasteiger partial charge is 0.129 e. The van der Waals surface area contributed by atoms with Gasteiger partial charge in [-0.2, -0.15) is 11.8 Å². The number of Topliss-reactive ketones (excluding diaryl/α,β-unsaturated/α-hetero) is 1. The van der Waals surface area contributed by atoms with Gasteiger partial charge in [-0.3, -0.25) is 0 Å². The first-order valence-electron chi connectivity index (χ1n) is 3.52. The van der Waals surface area contributed by atoms with Crippen molar-refractivity contribution in [3.05, 3.63) is 0 Å². The van der Waals surface area contributed by atoms with Gasteiger partial charge in [-0.05, 0) is 19.6 Å². The van der Waals surface area contributed by atoms with Crippen LogP contribution in [-0.2, 0) is 4.79 Å². The van der Waals surface area contributed by atoms with Crippen LogP contribution in [0.5, 0.6) is 0 Å². The maximum absolute atomic E-state index is 10.6. The molecular formula is C8H16OS. The number of rotatable bonds is 4. The van der Waals surface area contributed by atoms with Gasteiger partial charge in [0.2, 0.25) is 0 Å².